The number of benzene rings is 1. The summed E-state index contributed by atoms with van der Waals surface area (Å²) in [5, 5.41) is 7.30. The summed E-state index contributed by atoms with van der Waals surface area (Å²) in [6, 6.07) is 8.55. The molecule has 1 aromatic carbocycles. The molecule has 3 nitrogen and oxygen atoms in total. The number of hydrogen-bond donors (Lipinski definition) is 0. The Labute approximate surface area is 143 Å². The van der Waals surface area contributed by atoms with Crippen LogP contribution in [0.3, 0.4) is 0 Å². The first kappa shape index (κ1) is 16.1. The summed E-state index contributed by atoms with van der Waals surface area (Å²) in [5.41, 5.74) is 2.22. The minimum Gasteiger partial charge on any atom is -0.489 e. The Morgan fingerprint density at radius 1 is 1.22 bits per heavy atom. The van der Waals surface area contributed by atoms with E-state index in [2.05, 4.69) is 32.1 Å². The molecule has 120 valence electrons. The molecule has 0 aliphatic heterocycles. The highest BCUT2D eigenvalue weighted by molar-refractivity contribution is 7.14. The third-order valence-electron chi connectivity index (χ3n) is 3.32. The molecule has 0 amide bonds. The van der Waals surface area contributed by atoms with Crippen molar-refractivity contribution in [3.8, 4) is 16.3 Å². The van der Waals surface area contributed by atoms with E-state index in [1.54, 1.807) is 40.9 Å². The van der Waals surface area contributed by atoms with Gasteiger partial charge in [0, 0.05) is 29.4 Å². The van der Waals surface area contributed by atoms with Gasteiger partial charge in [0.2, 0.25) is 0 Å². The predicted octanol–water partition coefficient (Wildman–Crippen LogP) is 4.52. The molecule has 0 saturated carbocycles. The normalized spacial score (nSPS) is 11.1. The third kappa shape index (κ3) is 4.37. The van der Waals surface area contributed by atoms with E-state index in [1.165, 1.54) is 11.6 Å². The zero-order valence-electron chi connectivity index (χ0n) is 12.7. The first-order valence-corrected chi connectivity index (χ1v) is 9.07. The van der Waals surface area contributed by atoms with Crippen molar-refractivity contribution >= 4 is 22.7 Å². The number of para-hydroxylation sites is 1. The summed E-state index contributed by atoms with van der Waals surface area (Å²) >= 11 is 3.34. The van der Waals surface area contributed by atoms with Gasteiger partial charge in [-0.2, -0.15) is 11.3 Å². The molecule has 0 atom stereocenters. The van der Waals surface area contributed by atoms with Crippen LogP contribution in [0.2, 0.25) is 0 Å². The second kappa shape index (κ2) is 7.68. The van der Waals surface area contributed by atoms with Crippen LogP contribution in [0.1, 0.15) is 5.69 Å². The van der Waals surface area contributed by atoms with E-state index >= 15 is 0 Å². The highest BCUT2D eigenvalue weighted by atomic mass is 32.1. The van der Waals surface area contributed by atoms with Gasteiger partial charge in [-0.1, -0.05) is 12.1 Å². The van der Waals surface area contributed by atoms with Crippen molar-refractivity contribution in [3.63, 3.8) is 0 Å². The molecule has 2 heterocycles. The fourth-order valence-corrected chi connectivity index (χ4v) is 3.65. The lowest BCUT2D eigenvalue weighted by Crippen LogP contribution is -2.24. The highest BCUT2D eigenvalue weighted by Gasteiger charge is 2.08. The minimum absolute atomic E-state index is 0.300. The van der Waals surface area contributed by atoms with Gasteiger partial charge in [-0.3, -0.25) is 4.90 Å². The Balaban J connectivity index is 1.48. The van der Waals surface area contributed by atoms with Gasteiger partial charge >= 0.3 is 0 Å². The van der Waals surface area contributed by atoms with Crippen LogP contribution in [0.4, 0.5) is 4.39 Å². The topological polar surface area (TPSA) is 25.4 Å². The number of nitrogens with zero attached hydrogens (tertiary/aromatic N) is 2. The standard InChI is InChI=1S/C17H17FN2OS2/c1-20(7-8-21-16-5-3-2-4-15(16)18)10-14-12-23-17(19-14)13-6-9-22-11-13/h2-6,9,11-12H,7-8,10H2,1H3. The predicted molar refractivity (Wildman–Crippen MR) is 93.7 cm³/mol. The lowest BCUT2D eigenvalue weighted by Gasteiger charge is -2.15. The van der Waals surface area contributed by atoms with E-state index in [0.717, 1.165) is 17.2 Å². The maximum Gasteiger partial charge on any atom is 0.165 e. The second-order valence-electron chi connectivity index (χ2n) is 5.17. The van der Waals surface area contributed by atoms with E-state index in [0.29, 0.717) is 18.9 Å². The van der Waals surface area contributed by atoms with Gasteiger partial charge in [0.1, 0.15) is 11.6 Å². The van der Waals surface area contributed by atoms with Crippen molar-refractivity contribution in [3.05, 3.63) is 58.0 Å². The average Bonchev–Trinajstić information content (AvgIpc) is 3.20. The number of hydrogen-bond acceptors (Lipinski definition) is 5. The van der Waals surface area contributed by atoms with Gasteiger partial charge in [-0.15, -0.1) is 11.3 Å². The zero-order valence-corrected chi connectivity index (χ0v) is 14.4. The summed E-state index contributed by atoms with van der Waals surface area (Å²) in [5.74, 6) is -0.0237. The SMILES string of the molecule is CN(CCOc1ccccc1F)Cc1csc(-c2ccsc2)n1. The number of ether oxygens (including phenoxy) is 1. The molecule has 3 rings (SSSR count). The van der Waals surface area contributed by atoms with Crippen LogP contribution >= 0.6 is 22.7 Å². The van der Waals surface area contributed by atoms with Gasteiger partial charge < -0.3 is 4.74 Å². The number of aromatic nitrogens is 1. The lowest BCUT2D eigenvalue weighted by molar-refractivity contribution is 0.225. The quantitative estimate of drug-likeness (QED) is 0.628. The van der Waals surface area contributed by atoms with E-state index in [4.69, 9.17) is 4.74 Å². The van der Waals surface area contributed by atoms with Gasteiger partial charge in [0.15, 0.2) is 11.6 Å². The minimum atomic E-state index is -0.324. The number of rotatable bonds is 7. The Morgan fingerprint density at radius 3 is 2.87 bits per heavy atom. The summed E-state index contributed by atoms with van der Waals surface area (Å²) in [6.45, 7) is 1.90. The molecular weight excluding hydrogens is 331 g/mol. The molecule has 0 spiro atoms. The fourth-order valence-electron chi connectivity index (χ4n) is 2.13. The van der Waals surface area contributed by atoms with Crippen molar-refractivity contribution in [1.82, 2.24) is 9.88 Å². The molecular formula is C17H17FN2OS2. The molecule has 3 aromatic rings. The number of likely N-dealkylation sites (N-methyl/N-ethyl adjacent to an activating group) is 1. The molecule has 23 heavy (non-hydrogen) atoms. The van der Waals surface area contributed by atoms with Gasteiger partial charge in [0.05, 0.1) is 5.69 Å². The van der Waals surface area contributed by atoms with E-state index < -0.39 is 0 Å². The van der Waals surface area contributed by atoms with Crippen molar-refractivity contribution < 1.29 is 9.13 Å². The molecule has 0 aliphatic rings. The monoisotopic (exact) mass is 348 g/mol. The molecule has 0 saturated heterocycles. The Kier molecular flexibility index (Phi) is 5.38. The summed E-state index contributed by atoms with van der Waals surface area (Å²) < 4.78 is 18.9. The smallest absolute Gasteiger partial charge is 0.165 e. The summed E-state index contributed by atoms with van der Waals surface area (Å²) in [7, 11) is 2.01. The van der Waals surface area contributed by atoms with Gasteiger partial charge in [-0.05, 0) is 30.6 Å². The van der Waals surface area contributed by atoms with Crippen molar-refractivity contribution in [1.29, 1.82) is 0 Å². The van der Waals surface area contributed by atoms with Crippen LogP contribution in [0.5, 0.6) is 5.75 Å². The van der Waals surface area contributed by atoms with Crippen molar-refractivity contribution in [2.24, 2.45) is 0 Å². The van der Waals surface area contributed by atoms with Crippen LogP contribution in [0.15, 0.2) is 46.5 Å². The van der Waals surface area contributed by atoms with Crippen LogP contribution in [-0.4, -0.2) is 30.1 Å². The van der Waals surface area contributed by atoms with Crippen LogP contribution in [0, 0.1) is 5.82 Å². The Morgan fingerprint density at radius 2 is 2.09 bits per heavy atom. The average molecular weight is 348 g/mol. The number of thiazole rings is 1. The van der Waals surface area contributed by atoms with Crippen LogP contribution in [0.25, 0.3) is 10.6 Å². The second-order valence-corrected chi connectivity index (χ2v) is 6.81. The molecule has 6 heteroatoms. The third-order valence-corrected chi connectivity index (χ3v) is 4.94. The number of halogens is 1. The molecule has 0 fully saturated rings. The maximum atomic E-state index is 13.5. The van der Waals surface area contributed by atoms with Crippen LogP contribution < -0.4 is 4.74 Å². The molecule has 2 aromatic heterocycles. The van der Waals surface area contributed by atoms with E-state index in [-0.39, 0.29) is 5.82 Å². The van der Waals surface area contributed by atoms with E-state index in [9.17, 15) is 4.39 Å². The van der Waals surface area contributed by atoms with Crippen molar-refractivity contribution in [2.75, 3.05) is 20.2 Å². The van der Waals surface area contributed by atoms with Gasteiger partial charge in [-0.25, -0.2) is 9.37 Å². The summed E-state index contributed by atoms with van der Waals surface area (Å²) in [6.07, 6.45) is 0. The molecule has 0 N–H and O–H groups in total. The fraction of sp³-hybridized carbons (Fsp3) is 0.235. The Hall–Kier alpha value is -1.76. The Bertz CT molecular complexity index is 743. The molecule has 0 radical (unpaired) electrons. The lowest BCUT2D eigenvalue weighted by atomic mass is 10.3. The van der Waals surface area contributed by atoms with Crippen LogP contribution in [-0.2, 0) is 6.54 Å². The molecule has 0 bridgehead atoms. The first-order valence-electron chi connectivity index (χ1n) is 7.25. The van der Waals surface area contributed by atoms with E-state index in [1.807, 2.05) is 7.05 Å². The van der Waals surface area contributed by atoms with Gasteiger partial charge in [0.25, 0.3) is 0 Å². The molecule has 0 unspecified atom stereocenters. The first-order chi connectivity index (χ1) is 11.2. The summed E-state index contributed by atoms with van der Waals surface area (Å²) in [4.78, 5) is 6.77. The zero-order chi connectivity index (χ0) is 16.1. The number of thiophene rings is 1. The molecule has 0 aliphatic carbocycles. The largest absolute Gasteiger partial charge is 0.489 e. The van der Waals surface area contributed by atoms with Crippen molar-refractivity contribution in [2.45, 2.75) is 6.54 Å². The highest BCUT2D eigenvalue weighted by Crippen LogP contribution is 2.26. The maximum absolute atomic E-state index is 13.5.